The lowest BCUT2D eigenvalue weighted by Gasteiger charge is -1.91. The monoisotopic (exact) mass is 153 g/mol. The first-order valence-electron chi connectivity index (χ1n) is 3.33. The predicted molar refractivity (Wildman–Crippen MR) is 43.1 cm³/mol. The first-order valence-corrected chi connectivity index (χ1v) is 4.21. The SMILES string of the molecule is CCCc1ccsc1[C]=O. The van der Waals surface area contributed by atoms with Gasteiger partial charge in [-0.15, -0.1) is 11.3 Å². The fraction of sp³-hybridized carbons (Fsp3) is 0.375. The van der Waals surface area contributed by atoms with E-state index < -0.39 is 0 Å². The lowest BCUT2D eigenvalue weighted by molar-refractivity contribution is 0.563. The van der Waals surface area contributed by atoms with Gasteiger partial charge in [0.15, 0.2) is 0 Å². The van der Waals surface area contributed by atoms with E-state index in [0.717, 1.165) is 23.3 Å². The third kappa shape index (κ3) is 1.45. The molecule has 0 saturated carbocycles. The van der Waals surface area contributed by atoms with E-state index >= 15 is 0 Å². The highest BCUT2D eigenvalue weighted by Crippen LogP contribution is 2.15. The normalized spacial score (nSPS) is 9.70. The Labute approximate surface area is 64.7 Å². The van der Waals surface area contributed by atoms with Crippen molar-refractivity contribution in [3.05, 3.63) is 21.9 Å². The van der Waals surface area contributed by atoms with Gasteiger partial charge in [-0.1, -0.05) is 13.3 Å². The molecule has 0 amide bonds. The summed E-state index contributed by atoms with van der Waals surface area (Å²) < 4.78 is 0. The van der Waals surface area contributed by atoms with Crippen LogP contribution in [0.2, 0.25) is 0 Å². The fourth-order valence-corrected chi connectivity index (χ4v) is 1.63. The molecule has 0 bridgehead atoms. The Hall–Kier alpha value is -0.630. The van der Waals surface area contributed by atoms with Gasteiger partial charge in [-0.05, 0) is 23.4 Å². The van der Waals surface area contributed by atoms with Gasteiger partial charge in [-0.3, -0.25) is 4.79 Å². The zero-order chi connectivity index (χ0) is 7.40. The number of rotatable bonds is 3. The fourth-order valence-electron chi connectivity index (χ4n) is 0.891. The zero-order valence-electron chi connectivity index (χ0n) is 5.89. The summed E-state index contributed by atoms with van der Waals surface area (Å²) in [5.74, 6) is 0. The van der Waals surface area contributed by atoms with Gasteiger partial charge in [0.2, 0.25) is 6.29 Å². The second-order valence-corrected chi connectivity index (χ2v) is 3.04. The maximum Gasteiger partial charge on any atom is 0.244 e. The van der Waals surface area contributed by atoms with E-state index in [2.05, 4.69) is 6.92 Å². The Morgan fingerprint density at radius 2 is 2.50 bits per heavy atom. The molecule has 0 unspecified atom stereocenters. The molecule has 1 aromatic heterocycles. The Kier molecular flexibility index (Phi) is 2.63. The molecule has 1 heterocycles. The Bertz CT molecular complexity index is 215. The van der Waals surface area contributed by atoms with Crippen molar-refractivity contribution in [1.29, 1.82) is 0 Å². The molecule has 1 nitrogen and oxygen atoms in total. The molecule has 0 saturated heterocycles. The van der Waals surface area contributed by atoms with Crippen molar-refractivity contribution in [1.82, 2.24) is 0 Å². The number of carbonyl (C=O) groups excluding carboxylic acids is 1. The van der Waals surface area contributed by atoms with Crippen LogP contribution in [0, 0.1) is 0 Å². The number of hydrogen-bond donors (Lipinski definition) is 0. The van der Waals surface area contributed by atoms with E-state index in [1.54, 1.807) is 0 Å². The van der Waals surface area contributed by atoms with Crippen LogP contribution in [0.1, 0.15) is 23.8 Å². The molecular formula is C8H9OS. The van der Waals surface area contributed by atoms with Crippen LogP contribution >= 0.6 is 11.3 Å². The van der Waals surface area contributed by atoms with Gasteiger partial charge in [0.25, 0.3) is 0 Å². The van der Waals surface area contributed by atoms with E-state index in [1.165, 1.54) is 11.3 Å². The molecule has 0 N–H and O–H groups in total. The summed E-state index contributed by atoms with van der Waals surface area (Å²) in [5, 5.41) is 1.94. The van der Waals surface area contributed by atoms with Gasteiger partial charge in [-0.2, -0.15) is 0 Å². The highest BCUT2D eigenvalue weighted by molar-refractivity contribution is 7.11. The van der Waals surface area contributed by atoms with Crippen molar-refractivity contribution in [2.24, 2.45) is 0 Å². The molecule has 53 valence electrons. The van der Waals surface area contributed by atoms with E-state index in [9.17, 15) is 4.79 Å². The van der Waals surface area contributed by atoms with Gasteiger partial charge in [0, 0.05) is 0 Å². The van der Waals surface area contributed by atoms with Gasteiger partial charge < -0.3 is 0 Å². The largest absolute Gasteiger partial charge is 0.284 e. The molecule has 1 radical (unpaired) electrons. The summed E-state index contributed by atoms with van der Waals surface area (Å²) in [7, 11) is 0. The molecule has 0 aliphatic heterocycles. The minimum atomic E-state index is 0.766. The van der Waals surface area contributed by atoms with Crippen molar-refractivity contribution in [3.8, 4) is 0 Å². The van der Waals surface area contributed by atoms with Crippen LogP contribution in [0.4, 0.5) is 0 Å². The first-order chi connectivity index (χ1) is 4.88. The van der Waals surface area contributed by atoms with Crippen LogP contribution in [0.25, 0.3) is 0 Å². The summed E-state index contributed by atoms with van der Waals surface area (Å²) >= 11 is 1.47. The van der Waals surface area contributed by atoms with Crippen LogP contribution in [0.15, 0.2) is 11.4 Å². The molecule has 1 rings (SSSR count). The zero-order valence-corrected chi connectivity index (χ0v) is 6.70. The molecule has 0 aliphatic carbocycles. The van der Waals surface area contributed by atoms with Gasteiger partial charge >= 0.3 is 0 Å². The maximum absolute atomic E-state index is 10.2. The molecule has 0 aromatic carbocycles. The van der Waals surface area contributed by atoms with E-state index in [0.29, 0.717) is 0 Å². The highest BCUT2D eigenvalue weighted by Gasteiger charge is 2.00. The number of hydrogen-bond acceptors (Lipinski definition) is 2. The van der Waals surface area contributed by atoms with Crippen molar-refractivity contribution in [3.63, 3.8) is 0 Å². The van der Waals surface area contributed by atoms with Crippen molar-refractivity contribution < 1.29 is 4.79 Å². The Morgan fingerprint density at radius 1 is 1.70 bits per heavy atom. The second-order valence-electron chi connectivity index (χ2n) is 2.13. The van der Waals surface area contributed by atoms with E-state index in [-0.39, 0.29) is 0 Å². The van der Waals surface area contributed by atoms with Crippen molar-refractivity contribution in [2.45, 2.75) is 19.8 Å². The van der Waals surface area contributed by atoms with Crippen molar-refractivity contribution in [2.75, 3.05) is 0 Å². The maximum atomic E-state index is 10.2. The third-order valence-electron chi connectivity index (χ3n) is 1.36. The topological polar surface area (TPSA) is 17.1 Å². The standard InChI is InChI=1S/C8H9OS/c1-2-3-7-4-5-10-8(7)6-9/h4-5H,2-3H2,1H3. The average molecular weight is 153 g/mol. The Balaban J connectivity index is 2.79. The lowest BCUT2D eigenvalue weighted by Crippen LogP contribution is -1.84. The number of thiophene rings is 1. The summed E-state index contributed by atoms with van der Waals surface area (Å²) in [4.78, 5) is 11.0. The number of aryl methyl sites for hydroxylation is 1. The molecule has 0 spiro atoms. The van der Waals surface area contributed by atoms with Crippen LogP contribution in [0.3, 0.4) is 0 Å². The predicted octanol–water partition coefficient (Wildman–Crippen LogP) is 2.16. The van der Waals surface area contributed by atoms with Crippen LogP contribution in [-0.2, 0) is 11.2 Å². The quantitative estimate of drug-likeness (QED) is 0.650. The van der Waals surface area contributed by atoms with Crippen LogP contribution < -0.4 is 0 Å². The minimum Gasteiger partial charge on any atom is -0.284 e. The molecule has 0 atom stereocenters. The second kappa shape index (κ2) is 3.52. The van der Waals surface area contributed by atoms with Crippen LogP contribution in [0.5, 0.6) is 0 Å². The molecule has 0 aliphatic rings. The summed E-state index contributed by atoms with van der Waals surface area (Å²) in [6.45, 7) is 2.10. The summed E-state index contributed by atoms with van der Waals surface area (Å²) in [5.41, 5.74) is 1.14. The first kappa shape index (κ1) is 7.48. The van der Waals surface area contributed by atoms with Crippen LogP contribution in [-0.4, -0.2) is 6.29 Å². The molecule has 2 heteroatoms. The average Bonchev–Trinajstić information content (AvgIpc) is 2.36. The minimum absolute atomic E-state index is 0.766. The van der Waals surface area contributed by atoms with Gasteiger partial charge in [0.05, 0.1) is 4.88 Å². The van der Waals surface area contributed by atoms with E-state index in [1.807, 2.05) is 17.7 Å². The Morgan fingerprint density at radius 3 is 3.10 bits per heavy atom. The lowest BCUT2D eigenvalue weighted by atomic mass is 10.1. The third-order valence-corrected chi connectivity index (χ3v) is 2.21. The molecule has 0 fully saturated rings. The smallest absolute Gasteiger partial charge is 0.244 e. The summed E-state index contributed by atoms with van der Waals surface area (Å²) in [6, 6.07) is 1.99. The van der Waals surface area contributed by atoms with Gasteiger partial charge in [0.1, 0.15) is 0 Å². The molecule has 1 aromatic rings. The van der Waals surface area contributed by atoms with Crippen molar-refractivity contribution >= 4 is 17.6 Å². The van der Waals surface area contributed by atoms with Gasteiger partial charge in [-0.25, -0.2) is 0 Å². The summed E-state index contributed by atoms with van der Waals surface area (Å²) in [6.07, 6.45) is 4.01. The molecular weight excluding hydrogens is 144 g/mol. The highest BCUT2D eigenvalue weighted by atomic mass is 32.1. The molecule has 10 heavy (non-hydrogen) atoms. The van der Waals surface area contributed by atoms with E-state index in [4.69, 9.17) is 0 Å².